The van der Waals surface area contributed by atoms with Gasteiger partial charge in [0.05, 0.1) is 11.3 Å². The molecule has 96 valence electrons. The fraction of sp³-hybridized carbons (Fsp3) is 0.333. The van der Waals surface area contributed by atoms with Gasteiger partial charge in [-0.15, -0.1) is 0 Å². The standard InChI is InChI=1S/C12H14N2O4/c1-8(15)6-12(16)13-7-10-4-3-5-11(9(10)2)14(17)18/h3-5H,6-7H2,1-2H3,(H,13,16). The van der Waals surface area contributed by atoms with Gasteiger partial charge in [0.2, 0.25) is 5.91 Å². The first-order chi connectivity index (χ1) is 8.41. The number of carbonyl (C=O) groups excluding carboxylic acids is 2. The summed E-state index contributed by atoms with van der Waals surface area (Å²) in [6.45, 7) is 3.14. The molecule has 0 heterocycles. The van der Waals surface area contributed by atoms with E-state index in [0.29, 0.717) is 11.1 Å². The van der Waals surface area contributed by atoms with Crippen LogP contribution in [0.15, 0.2) is 18.2 Å². The molecule has 1 aromatic carbocycles. The SMILES string of the molecule is CC(=O)CC(=O)NCc1cccc([N+](=O)[O-])c1C. The number of hydrogen-bond donors (Lipinski definition) is 1. The third-order valence-corrected chi connectivity index (χ3v) is 2.50. The Morgan fingerprint density at radius 3 is 2.61 bits per heavy atom. The molecule has 0 unspecified atom stereocenters. The first-order valence-corrected chi connectivity index (χ1v) is 5.41. The van der Waals surface area contributed by atoms with Crippen LogP contribution in [0.2, 0.25) is 0 Å². The van der Waals surface area contributed by atoms with E-state index in [2.05, 4.69) is 5.32 Å². The molecule has 6 nitrogen and oxygen atoms in total. The van der Waals surface area contributed by atoms with Crippen molar-refractivity contribution in [2.45, 2.75) is 26.8 Å². The number of nitro groups is 1. The molecule has 0 aromatic heterocycles. The lowest BCUT2D eigenvalue weighted by molar-refractivity contribution is -0.385. The minimum Gasteiger partial charge on any atom is -0.352 e. The first-order valence-electron chi connectivity index (χ1n) is 5.41. The van der Waals surface area contributed by atoms with Crippen LogP contribution in [0, 0.1) is 17.0 Å². The Morgan fingerprint density at radius 2 is 2.06 bits per heavy atom. The van der Waals surface area contributed by atoms with Crippen LogP contribution in [-0.4, -0.2) is 16.6 Å². The lowest BCUT2D eigenvalue weighted by Crippen LogP contribution is -2.24. The number of hydrogen-bond acceptors (Lipinski definition) is 4. The number of nitrogens with one attached hydrogen (secondary N) is 1. The van der Waals surface area contributed by atoms with E-state index in [4.69, 9.17) is 0 Å². The van der Waals surface area contributed by atoms with Crippen LogP contribution < -0.4 is 5.32 Å². The molecule has 6 heteroatoms. The topological polar surface area (TPSA) is 89.3 Å². The Bertz CT molecular complexity index is 497. The number of carbonyl (C=O) groups is 2. The number of Topliss-reactive ketones (excluding diaryl/α,β-unsaturated/α-hetero) is 1. The first kappa shape index (κ1) is 13.8. The van der Waals surface area contributed by atoms with Gasteiger partial charge in [-0.3, -0.25) is 19.7 Å². The predicted molar refractivity (Wildman–Crippen MR) is 65.0 cm³/mol. The zero-order valence-electron chi connectivity index (χ0n) is 10.2. The summed E-state index contributed by atoms with van der Waals surface area (Å²) in [5.41, 5.74) is 1.21. The predicted octanol–water partition coefficient (Wildman–Crippen LogP) is 1.50. The fourth-order valence-electron chi connectivity index (χ4n) is 1.54. The highest BCUT2D eigenvalue weighted by atomic mass is 16.6. The molecular weight excluding hydrogens is 236 g/mol. The summed E-state index contributed by atoms with van der Waals surface area (Å²) in [4.78, 5) is 32.3. The molecule has 0 spiro atoms. The molecule has 1 rings (SSSR count). The van der Waals surface area contributed by atoms with Crippen molar-refractivity contribution in [3.63, 3.8) is 0 Å². The third kappa shape index (κ3) is 3.65. The van der Waals surface area contributed by atoms with Crippen molar-refractivity contribution >= 4 is 17.4 Å². The lowest BCUT2D eigenvalue weighted by atomic mass is 10.1. The molecule has 1 aromatic rings. The van der Waals surface area contributed by atoms with Crippen molar-refractivity contribution in [2.24, 2.45) is 0 Å². The van der Waals surface area contributed by atoms with E-state index >= 15 is 0 Å². The van der Waals surface area contributed by atoms with E-state index < -0.39 is 4.92 Å². The van der Waals surface area contributed by atoms with Gasteiger partial charge >= 0.3 is 0 Å². The maximum atomic E-state index is 11.3. The second kappa shape index (κ2) is 5.90. The molecule has 0 saturated carbocycles. The molecule has 0 radical (unpaired) electrons. The van der Waals surface area contributed by atoms with Crippen LogP contribution in [-0.2, 0) is 16.1 Å². The zero-order valence-corrected chi connectivity index (χ0v) is 10.2. The summed E-state index contributed by atoms with van der Waals surface area (Å²) in [6, 6.07) is 4.68. The highest BCUT2D eigenvalue weighted by molar-refractivity contribution is 5.96. The van der Waals surface area contributed by atoms with E-state index in [9.17, 15) is 19.7 Å². The number of benzene rings is 1. The van der Waals surface area contributed by atoms with Gasteiger partial charge in [0.1, 0.15) is 5.78 Å². The molecule has 1 amide bonds. The maximum Gasteiger partial charge on any atom is 0.272 e. The second-order valence-corrected chi connectivity index (χ2v) is 3.97. The van der Waals surface area contributed by atoms with Gasteiger partial charge < -0.3 is 5.32 Å². The average Bonchev–Trinajstić information content (AvgIpc) is 2.26. The molecule has 0 atom stereocenters. The quantitative estimate of drug-likeness (QED) is 0.487. The minimum absolute atomic E-state index is 0.0216. The van der Waals surface area contributed by atoms with Gasteiger partial charge in [0.25, 0.3) is 5.69 Å². The van der Waals surface area contributed by atoms with Crippen molar-refractivity contribution in [3.8, 4) is 0 Å². The van der Waals surface area contributed by atoms with E-state index in [1.165, 1.54) is 13.0 Å². The number of nitro benzene ring substituents is 1. The summed E-state index contributed by atoms with van der Waals surface area (Å²) in [6.07, 6.45) is -0.173. The number of amides is 1. The summed E-state index contributed by atoms with van der Waals surface area (Å²) >= 11 is 0. The van der Waals surface area contributed by atoms with Gasteiger partial charge in [0, 0.05) is 18.2 Å². The largest absolute Gasteiger partial charge is 0.352 e. The van der Waals surface area contributed by atoms with Gasteiger partial charge in [0.15, 0.2) is 0 Å². The monoisotopic (exact) mass is 250 g/mol. The van der Waals surface area contributed by atoms with Crippen molar-refractivity contribution in [1.29, 1.82) is 0 Å². The van der Waals surface area contributed by atoms with Crippen LogP contribution in [0.1, 0.15) is 24.5 Å². The van der Waals surface area contributed by atoms with Crippen LogP contribution in [0.4, 0.5) is 5.69 Å². The highest BCUT2D eigenvalue weighted by Gasteiger charge is 2.13. The van der Waals surface area contributed by atoms with Crippen LogP contribution in [0.3, 0.4) is 0 Å². The smallest absolute Gasteiger partial charge is 0.272 e. The average molecular weight is 250 g/mol. The van der Waals surface area contributed by atoms with Crippen LogP contribution in [0.5, 0.6) is 0 Å². The Balaban J connectivity index is 2.74. The van der Waals surface area contributed by atoms with Crippen molar-refractivity contribution in [2.75, 3.05) is 0 Å². The van der Waals surface area contributed by atoms with Crippen LogP contribution in [0.25, 0.3) is 0 Å². The molecule has 0 saturated heterocycles. The molecule has 0 fully saturated rings. The molecular formula is C12H14N2O4. The highest BCUT2D eigenvalue weighted by Crippen LogP contribution is 2.20. The Hall–Kier alpha value is -2.24. The van der Waals surface area contributed by atoms with E-state index in [1.54, 1.807) is 19.1 Å². The van der Waals surface area contributed by atoms with Crippen molar-refractivity contribution in [3.05, 3.63) is 39.4 Å². The Labute approximate surface area is 104 Å². The summed E-state index contributed by atoms with van der Waals surface area (Å²) in [5.74, 6) is -0.600. The molecule has 0 bridgehead atoms. The zero-order chi connectivity index (χ0) is 13.7. The van der Waals surface area contributed by atoms with Crippen molar-refractivity contribution in [1.82, 2.24) is 5.32 Å². The van der Waals surface area contributed by atoms with Gasteiger partial charge in [-0.2, -0.15) is 0 Å². The lowest BCUT2D eigenvalue weighted by Gasteiger charge is -2.07. The van der Waals surface area contributed by atoms with Crippen LogP contribution >= 0.6 is 0 Å². The van der Waals surface area contributed by atoms with Gasteiger partial charge in [-0.1, -0.05) is 12.1 Å². The summed E-state index contributed by atoms with van der Waals surface area (Å²) < 4.78 is 0. The molecule has 1 N–H and O–H groups in total. The molecule has 18 heavy (non-hydrogen) atoms. The minimum atomic E-state index is -0.462. The Morgan fingerprint density at radius 1 is 1.39 bits per heavy atom. The normalized spacial score (nSPS) is 9.89. The molecule has 0 aliphatic rings. The Kier molecular flexibility index (Phi) is 4.53. The number of ketones is 1. The second-order valence-electron chi connectivity index (χ2n) is 3.97. The van der Waals surface area contributed by atoms with E-state index in [1.807, 2.05) is 0 Å². The van der Waals surface area contributed by atoms with E-state index in [-0.39, 0.29) is 30.3 Å². The van der Waals surface area contributed by atoms with Gasteiger partial charge in [-0.25, -0.2) is 0 Å². The number of nitrogens with zero attached hydrogens (tertiary/aromatic N) is 1. The summed E-state index contributed by atoms with van der Waals surface area (Å²) in [7, 11) is 0. The fourth-order valence-corrected chi connectivity index (χ4v) is 1.54. The maximum absolute atomic E-state index is 11.3. The van der Waals surface area contributed by atoms with Crippen molar-refractivity contribution < 1.29 is 14.5 Å². The number of rotatable bonds is 5. The third-order valence-electron chi connectivity index (χ3n) is 2.50. The van der Waals surface area contributed by atoms with Gasteiger partial charge in [-0.05, 0) is 19.4 Å². The van der Waals surface area contributed by atoms with E-state index in [0.717, 1.165) is 0 Å². The molecule has 0 aliphatic heterocycles. The summed E-state index contributed by atoms with van der Waals surface area (Å²) in [5, 5.41) is 13.3. The molecule has 0 aliphatic carbocycles.